The van der Waals surface area contributed by atoms with Crippen molar-refractivity contribution in [3.8, 4) is 11.5 Å². The molecule has 0 spiro atoms. The van der Waals surface area contributed by atoms with Crippen LogP contribution in [0, 0.1) is 0 Å². The lowest BCUT2D eigenvalue weighted by molar-refractivity contribution is 0.100. The van der Waals surface area contributed by atoms with Crippen LogP contribution in [0.4, 0.5) is 0 Å². The number of rotatable bonds is 2. The van der Waals surface area contributed by atoms with Gasteiger partial charge in [-0.1, -0.05) is 30.3 Å². The number of ether oxygens (including phenoxy) is 2. The van der Waals surface area contributed by atoms with Crippen molar-refractivity contribution in [3.05, 3.63) is 77.4 Å². The zero-order valence-corrected chi connectivity index (χ0v) is 13.3. The normalized spacial score (nSPS) is 15.2. The van der Waals surface area contributed by atoms with Gasteiger partial charge in [0.15, 0.2) is 5.78 Å². The summed E-state index contributed by atoms with van der Waals surface area (Å²) in [5, 5.41) is 2.21. The lowest BCUT2D eigenvalue weighted by Gasteiger charge is -2.18. The third-order valence-electron chi connectivity index (χ3n) is 4.22. The number of hydrogen-bond acceptors (Lipinski definition) is 3. The molecule has 0 amide bonds. The van der Waals surface area contributed by atoms with Gasteiger partial charge in [0.25, 0.3) is 0 Å². The Hall–Kier alpha value is -3.07. The lowest BCUT2D eigenvalue weighted by atomic mass is 9.97. The third-order valence-corrected chi connectivity index (χ3v) is 4.22. The molecule has 1 aliphatic heterocycles. The van der Waals surface area contributed by atoms with Gasteiger partial charge in [-0.25, -0.2) is 0 Å². The summed E-state index contributed by atoms with van der Waals surface area (Å²) in [6.07, 6.45) is 1.90. The molecule has 1 aliphatic rings. The van der Waals surface area contributed by atoms with Crippen molar-refractivity contribution in [1.29, 1.82) is 0 Å². The first-order valence-electron chi connectivity index (χ1n) is 7.79. The van der Waals surface area contributed by atoms with Crippen molar-refractivity contribution in [3.63, 3.8) is 0 Å². The van der Waals surface area contributed by atoms with E-state index in [4.69, 9.17) is 9.47 Å². The van der Waals surface area contributed by atoms with Crippen LogP contribution >= 0.6 is 0 Å². The summed E-state index contributed by atoms with van der Waals surface area (Å²) < 4.78 is 10.9. The number of fused-ring (bicyclic) bond motifs is 2. The molecule has 3 aromatic rings. The third kappa shape index (κ3) is 2.54. The molecule has 1 heterocycles. The highest BCUT2D eigenvalue weighted by Crippen LogP contribution is 2.28. The van der Waals surface area contributed by atoms with E-state index in [1.54, 1.807) is 13.2 Å². The van der Waals surface area contributed by atoms with E-state index in [-0.39, 0.29) is 5.78 Å². The van der Waals surface area contributed by atoms with Crippen LogP contribution in [-0.2, 0) is 0 Å². The maximum Gasteiger partial charge on any atom is 0.196 e. The molecule has 3 heteroatoms. The second-order valence-electron chi connectivity index (χ2n) is 5.76. The van der Waals surface area contributed by atoms with Crippen molar-refractivity contribution in [2.75, 3.05) is 13.7 Å². The van der Waals surface area contributed by atoms with Gasteiger partial charge >= 0.3 is 0 Å². The van der Waals surface area contributed by atoms with Crippen LogP contribution < -0.4 is 9.47 Å². The maximum absolute atomic E-state index is 12.6. The van der Waals surface area contributed by atoms with Gasteiger partial charge in [0.1, 0.15) is 18.1 Å². The molecule has 24 heavy (non-hydrogen) atoms. The Morgan fingerprint density at radius 1 is 1.00 bits per heavy atom. The summed E-state index contributed by atoms with van der Waals surface area (Å²) >= 11 is 0. The molecule has 0 bridgehead atoms. The molecule has 118 valence electrons. The Morgan fingerprint density at radius 2 is 1.79 bits per heavy atom. The number of hydrogen-bond donors (Lipinski definition) is 0. The van der Waals surface area contributed by atoms with Crippen LogP contribution in [0.5, 0.6) is 11.5 Å². The molecule has 0 radical (unpaired) electrons. The highest BCUT2D eigenvalue weighted by atomic mass is 16.5. The average molecular weight is 316 g/mol. The molecule has 3 aromatic carbocycles. The average Bonchev–Trinajstić information content (AvgIpc) is 2.64. The molecule has 0 atom stereocenters. The molecule has 0 N–H and O–H groups in total. The van der Waals surface area contributed by atoms with Gasteiger partial charge in [-0.3, -0.25) is 4.79 Å². The number of carbonyl (C=O) groups excluding carboxylic acids is 1. The number of benzene rings is 3. The Labute approximate surface area is 140 Å². The van der Waals surface area contributed by atoms with E-state index in [1.165, 1.54) is 0 Å². The zero-order chi connectivity index (χ0) is 16.5. The van der Waals surface area contributed by atoms with Gasteiger partial charge in [-0.05, 0) is 52.7 Å². The van der Waals surface area contributed by atoms with Crippen molar-refractivity contribution in [2.24, 2.45) is 0 Å². The highest BCUT2D eigenvalue weighted by Gasteiger charge is 2.22. The first-order chi connectivity index (χ1) is 11.7. The fourth-order valence-electron chi connectivity index (χ4n) is 2.94. The number of ketones is 1. The summed E-state index contributed by atoms with van der Waals surface area (Å²) in [5.41, 5.74) is 2.28. The SMILES string of the molecule is COc1ccc2cc(/C=C3\COc4ccccc4C3=O)ccc2c1. The Morgan fingerprint density at radius 3 is 2.67 bits per heavy atom. The van der Waals surface area contributed by atoms with Crippen LogP contribution in [0.15, 0.2) is 66.2 Å². The number of para-hydroxylation sites is 1. The van der Waals surface area contributed by atoms with Gasteiger partial charge in [-0.2, -0.15) is 0 Å². The lowest BCUT2D eigenvalue weighted by Crippen LogP contribution is -2.18. The van der Waals surface area contributed by atoms with E-state index in [9.17, 15) is 4.79 Å². The first kappa shape index (κ1) is 14.5. The number of carbonyl (C=O) groups is 1. The molecule has 0 fully saturated rings. The fraction of sp³-hybridized carbons (Fsp3) is 0.0952. The minimum absolute atomic E-state index is 0.0340. The molecule has 0 saturated heterocycles. The summed E-state index contributed by atoms with van der Waals surface area (Å²) in [4.78, 5) is 12.6. The van der Waals surface area contributed by atoms with Gasteiger partial charge in [0, 0.05) is 5.57 Å². The zero-order valence-electron chi connectivity index (χ0n) is 13.3. The summed E-state index contributed by atoms with van der Waals surface area (Å²) in [5.74, 6) is 1.53. The number of Topliss-reactive ketones (excluding diaryl/α,β-unsaturated/α-hetero) is 1. The van der Waals surface area contributed by atoms with E-state index >= 15 is 0 Å². The topological polar surface area (TPSA) is 35.5 Å². The van der Waals surface area contributed by atoms with E-state index < -0.39 is 0 Å². The predicted molar refractivity (Wildman–Crippen MR) is 94.7 cm³/mol. The van der Waals surface area contributed by atoms with Crippen molar-refractivity contribution >= 4 is 22.6 Å². The Kier molecular flexibility index (Phi) is 3.54. The second-order valence-corrected chi connectivity index (χ2v) is 5.76. The summed E-state index contributed by atoms with van der Waals surface area (Å²) in [6.45, 7) is 0.302. The molecular weight excluding hydrogens is 300 g/mol. The standard InChI is InChI=1S/C21H16O3/c1-23-18-9-8-15-10-14(6-7-16(15)12-18)11-17-13-24-20-5-3-2-4-19(20)21(17)22/h2-12H,13H2,1H3/b17-11+. The van der Waals surface area contributed by atoms with Crippen LogP contribution in [0.25, 0.3) is 16.8 Å². The molecular formula is C21H16O3. The van der Waals surface area contributed by atoms with Crippen molar-refractivity contribution < 1.29 is 14.3 Å². The van der Waals surface area contributed by atoms with Gasteiger partial charge in [-0.15, -0.1) is 0 Å². The first-order valence-corrected chi connectivity index (χ1v) is 7.79. The number of methoxy groups -OCH3 is 1. The molecule has 0 aliphatic carbocycles. The second kappa shape index (κ2) is 5.85. The maximum atomic E-state index is 12.6. The van der Waals surface area contributed by atoms with E-state index in [2.05, 4.69) is 6.07 Å². The molecule has 0 unspecified atom stereocenters. The monoisotopic (exact) mass is 316 g/mol. The molecule has 4 rings (SSSR count). The van der Waals surface area contributed by atoms with Crippen LogP contribution in [0.3, 0.4) is 0 Å². The van der Waals surface area contributed by atoms with E-state index in [0.717, 1.165) is 22.1 Å². The van der Waals surface area contributed by atoms with Crippen molar-refractivity contribution in [2.45, 2.75) is 0 Å². The van der Waals surface area contributed by atoms with Crippen molar-refractivity contribution in [1.82, 2.24) is 0 Å². The minimum Gasteiger partial charge on any atom is -0.497 e. The largest absolute Gasteiger partial charge is 0.497 e. The summed E-state index contributed by atoms with van der Waals surface area (Å²) in [6, 6.07) is 19.4. The van der Waals surface area contributed by atoms with E-state index in [1.807, 2.05) is 54.6 Å². The minimum atomic E-state index is 0.0340. The predicted octanol–water partition coefficient (Wildman–Crippen LogP) is 4.51. The highest BCUT2D eigenvalue weighted by molar-refractivity contribution is 6.14. The Bertz CT molecular complexity index is 970. The van der Waals surface area contributed by atoms with Crippen LogP contribution in [-0.4, -0.2) is 19.5 Å². The molecule has 0 saturated carbocycles. The van der Waals surface area contributed by atoms with Crippen LogP contribution in [0.1, 0.15) is 15.9 Å². The quantitative estimate of drug-likeness (QED) is 0.653. The van der Waals surface area contributed by atoms with Crippen LogP contribution in [0.2, 0.25) is 0 Å². The van der Waals surface area contributed by atoms with E-state index in [0.29, 0.717) is 23.5 Å². The smallest absolute Gasteiger partial charge is 0.196 e. The van der Waals surface area contributed by atoms with Gasteiger partial charge in [0.2, 0.25) is 0 Å². The summed E-state index contributed by atoms with van der Waals surface area (Å²) in [7, 11) is 1.66. The molecule has 3 nitrogen and oxygen atoms in total. The van der Waals surface area contributed by atoms with Gasteiger partial charge < -0.3 is 9.47 Å². The molecule has 0 aromatic heterocycles. The van der Waals surface area contributed by atoms with Gasteiger partial charge in [0.05, 0.1) is 12.7 Å². The fourth-order valence-corrected chi connectivity index (χ4v) is 2.94. The Balaban J connectivity index is 1.71.